The second-order valence-electron chi connectivity index (χ2n) is 2.87. The maximum atomic E-state index is 12.7. The van der Waals surface area contributed by atoms with Crippen LogP contribution in [-0.2, 0) is 0 Å². The van der Waals surface area contributed by atoms with Gasteiger partial charge in [0.2, 0.25) is 0 Å². The highest BCUT2D eigenvalue weighted by Crippen LogP contribution is 2.27. The van der Waals surface area contributed by atoms with Gasteiger partial charge in [0.25, 0.3) is 5.19 Å². The first kappa shape index (κ1) is 10.6. The molecule has 2 rings (SSSR count). The number of halogens is 1. The van der Waals surface area contributed by atoms with E-state index in [0.717, 1.165) is 5.56 Å². The molecule has 1 aromatic carbocycles. The van der Waals surface area contributed by atoms with Crippen LogP contribution in [0, 0.1) is 18.2 Å². The Labute approximate surface area is 95.9 Å². The second kappa shape index (κ2) is 4.73. The van der Waals surface area contributed by atoms with Gasteiger partial charge in [0, 0.05) is 5.56 Å². The number of nitrogens with zero attached hydrogens (tertiary/aromatic N) is 2. The van der Waals surface area contributed by atoms with Gasteiger partial charge in [0.05, 0.1) is 0 Å². The van der Waals surface area contributed by atoms with Crippen LogP contribution in [0.5, 0.6) is 5.19 Å². The maximum absolute atomic E-state index is 12.7. The highest BCUT2D eigenvalue weighted by molar-refractivity contribution is 7.16. The fraction of sp³-hybridized carbons (Fsp3) is 0.0909. The number of ether oxygens (including phenoxy) is 1. The summed E-state index contributed by atoms with van der Waals surface area (Å²) >= 11 is 1.27. The zero-order valence-electron chi connectivity index (χ0n) is 8.18. The summed E-state index contributed by atoms with van der Waals surface area (Å²) in [6, 6.07) is 6.03. The van der Waals surface area contributed by atoms with Gasteiger partial charge in [-0.3, -0.25) is 0 Å². The number of hydrogen-bond donors (Lipinski definition) is 0. The fourth-order valence-corrected chi connectivity index (χ4v) is 1.78. The molecule has 80 valence electrons. The molecule has 0 N–H and O–H groups in total. The van der Waals surface area contributed by atoms with E-state index >= 15 is 0 Å². The van der Waals surface area contributed by atoms with Crippen molar-refractivity contribution in [2.45, 2.75) is 0 Å². The average molecular weight is 234 g/mol. The average Bonchev–Trinajstić information content (AvgIpc) is 2.76. The molecule has 0 spiro atoms. The first-order valence-electron chi connectivity index (χ1n) is 4.45. The van der Waals surface area contributed by atoms with Crippen LogP contribution in [0.15, 0.2) is 24.3 Å². The van der Waals surface area contributed by atoms with Crippen LogP contribution in [0.4, 0.5) is 4.39 Å². The summed E-state index contributed by atoms with van der Waals surface area (Å²) in [6.45, 7) is 0.165. The largest absolute Gasteiger partial charge is 0.456 e. The van der Waals surface area contributed by atoms with Gasteiger partial charge in [-0.2, -0.15) is 0 Å². The van der Waals surface area contributed by atoms with Crippen molar-refractivity contribution in [3.63, 3.8) is 0 Å². The topological polar surface area (TPSA) is 35.0 Å². The Morgan fingerprint density at radius 3 is 2.75 bits per heavy atom. The molecule has 5 heteroatoms. The molecule has 0 saturated heterocycles. The molecule has 0 aliphatic rings. The summed E-state index contributed by atoms with van der Waals surface area (Å²) in [6.07, 6.45) is 5.05. The highest BCUT2D eigenvalue weighted by atomic mass is 32.1. The van der Waals surface area contributed by atoms with Gasteiger partial charge in [-0.05, 0) is 24.3 Å². The van der Waals surface area contributed by atoms with E-state index in [-0.39, 0.29) is 12.4 Å². The third-order valence-electron chi connectivity index (χ3n) is 1.78. The van der Waals surface area contributed by atoms with Crippen molar-refractivity contribution in [2.75, 3.05) is 6.61 Å². The Morgan fingerprint density at radius 2 is 2.06 bits per heavy atom. The Morgan fingerprint density at radius 1 is 1.31 bits per heavy atom. The number of hydrogen-bond acceptors (Lipinski definition) is 4. The molecule has 0 radical (unpaired) electrons. The van der Waals surface area contributed by atoms with Crippen molar-refractivity contribution >= 4 is 11.3 Å². The van der Waals surface area contributed by atoms with E-state index in [9.17, 15) is 4.39 Å². The molecular weight excluding hydrogens is 227 g/mol. The molecule has 1 aromatic heterocycles. The molecule has 0 saturated carbocycles. The SMILES string of the molecule is C#CCOc1nnc(-c2ccc(F)cc2)s1. The quantitative estimate of drug-likeness (QED) is 0.765. The molecule has 0 aliphatic heterocycles. The molecule has 16 heavy (non-hydrogen) atoms. The molecule has 0 amide bonds. The predicted octanol–water partition coefficient (Wildman–Crippen LogP) is 2.36. The molecule has 0 fully saturated rings. The van der Waals surface area contributed by atoms with Crippen LogP contribution in [0.3, 0.4) is 0 Å². The van der Waals surface area contributed by atoms with E-state index in [0.29, 0.717) is 10.2 Å². The zero-order chi connectivity index (χ0) is 11.4. The van der Waals surface area contributed by atoms with Crippen LogP contribution in [-0.4, -0.2) is 16.8 Å². The van der Waals surface area contributed by atoms with E-state index in [4.69, 9.17) is 11.2 Å². The van der Waals surface area contributed by atoms with Crippen molar-refractivity contribution in [1.82, 2.24) is 10.2 Å². The van der Waals surface area contributed by atoms with Crippen LogP contribution in [0.2, 0.25) is 0 Å². The van der Waals surface area contributed by atoms with Gasteiger partial charge in [0.1, 0.15) is 5.82 Å². The monoisotopic (exact) mass is 234 g/mol. The summed E-state index contributed by atoms with van der Waals surface area (Å²) in [5.41, 5.74) is 0.800. The molecule has 0 bridgehead atoms. The smallest absolute Gasteiger partial charge is 0.295 e. The van der Waals surface area contributed by atoms with E-state index < -0.39 is 0 Å². The Hall–Kier alpha value is -1.93. The second-order valence-corrected chi connectivity index (χ2v) is 3.81. The lowest BCUT2D eigenvalue weighted by atomic mass is 10.2. The summed E-state index contributed by atoms with van der Waals surface area (Å²) in [4.78, 5) is 0. The van der Waals surface area contributed by atoms with Crippen molar-refractivity contribution in [1.29, 1.82) is 0 Å². The number of aromatic nitrogens is 2. The lowest BCUT2D eigenvalue weighted by Crippen LogP contribution is -1.91. The standard InChI is InChI=1S/C11H7FN2OS/c1-2-7-15-11-14-13-10(16-11)8-3-5-9(12)6-4-8/h1,3-6H,7H2. The number of rotatable bonds is 3. The van der Waals surface area contributed by atoms with Crippen LogP contribution in [0.25, 0.3) is 10.6 Å². The minimum absolute atomic E-state index is 0.165. The molecule has 3 nitrogen and oxygen atoms in total. The van der Waals surface area contributed by atoms with Crippen molar-refractivity contribution in [2.24, 2.45) is 0 Å². The van der Waals surface area contributed by atoms with Gasteiger partial charge in [-0.25, -0.2) is 4.39 Å². The molecule has 2 aromatic rings. The Kier molecular flexibility index (Phi) is 3.13. The van der Waals surface area contributed by atoms with E-state index in [2.05, 4.69) is 16.1 Å². The third-order valence-corrected chi connectivity index (χ3v) is 2.66. The lowest BCUT2D eigenvalue weighted by molar-refractivity contribution is 0.364. The van der Waals surface area contributed by atoms with E-state index in [1.165, 1.54) is 23.5 Å². The maximum Gasteiger partial charge on any atom is 0.295 e. The molecule has 0 atom stereocenters. The fourth-order valence-electron chi connectivity index (χ4n) is 1.08. The van der Waals surface area contributed by atoms with Crippen molar-refractivity contribution < 1.29 is 9.13 Å². The number of benzene rings is 1. The van der Waals surface area contributed by atoms with Gasteiger partial charge >= 0.3 is 0 Å². The van der Waals surface area contributed by atoms with Gasteiger partial charge < -0.3 is 4.74 Å². The van der Waals surface area contributed by atoms with Gasteiger partial charge in [-0.15, -0.1) is 11.5 Å². The van der Waals surface area contributed by atoms with Crippen LogP contribution in [0.1, 0.15) is 0 Å². The van der Waals surface area contributed by atoms with Gasteiger partial charge in [0.15, 0.2) is 11.6 Å². The van der Waals surface area contributed by atoms with E-state index in [1.54, 1.807) is 12.1 Å². The predicted molar refractivity (Wildman–Crippen MR) is 59.6 cm³/mol. The molecule has 0 unspecified atom stereocenters. The molecular formula is C11H7FN2OS. The first-order chi connectivity index (χ1) is 7.79. The summed E-state index contributed by atoms with van der Waals surface area (Å²) in [7, 11) is 0. The van der Waals surface area contributed by atoms with Gasteiger partial charge in [-0.1, -0.05) is 22.4 Å². The normalized spacial score (nSPS) is 9.75. The highest BCUT2D eigenvalue weighted by Gasteiger charge is 2.06. The first-order valence-corrected chi connectivity index (χ1v) is 5.27. The molecule has 1 heterocycles. The van der Waals surface area contributed by atoms with Crippen molar-refractivity contribution in [3.05, 3.63) is 30.1 Å². The van der Waals surface area contributed by atoms with Crippen LogP contribution < -0.4 is 4.74 Å². The van der Waals surface area contributed by atoms with E-state index in [1.807, 2.05) is 0 Å². The number of terminal acetylenes is 1. The van der Waals surface area contributed by atoms with Crippen molar-refractivity contribution in [3.8, 4) is 28.1 Å². The summed E-state index contributed by atoms with van der Waals surface area (Å²) < 4.78 is 17.8. The zero-order valence-corrected chi connectivity index (χ0v) is 9.00. The minimum atomic E-state index is -0.280. The third kappa shape index (κ3) is 2.35. The lowest BCUT2D eigenvalue weighted by Gasteiger charge is -1.94. The summed E-state index contributed by atoms with van der Waals surface area (Å²) in [5.74, 6) is 2.06. The molecule has 0 aliphatic carbocycles. The van der Waals surface area contributed by atoms with Crippen LogP contribution >= 0.6 is 11.3 Å². The minimum Gasteiger partial charge on any atom is -0.456 e. The summed E-state index contributed by atoms with van der Waals surface area (Å²) in [5, 5.41) is 8.82. The Bertz CT molecular complexity index is 516. The Balaban J connectivity index is 2.18.